The number of hydrogen-bond acceptors (Lipinski definition) is 3. The van der Waals surface area contributed by atoms with Crippen molar-refractivity contribution in [2.45, 2.75) is 19.9 Å². The SMILES string of the molecule is Cc1ccc(N2CC(C(=O)N(Cc3ccccc3)c3ccccn3)CC2=O)cc1. The summed E-state index contributed by atoms with van der Waals surface area (Å²) in [5.74, 6) is 0.112. The van der Waals surface area contributed by atoms with Crippen LogP contribution in [0.4, 0.5) is 11.5 Å². The van der Waals surface area contributed by atoms with E-state index in [9.17, 15) is 9.59 Å². The second kappa shape index (κ2) is 8.27. The van der Waals surface area contributed by atoms with E-state index in [0.29, 0.717) is 18.9 Å². The lowest BCUT2D eigenvalue weighted by atomic mass is 10.1. The maximum absolute atomic E-state index is 13.4. The van der Waals surface area contributed by atoms with Gasteiger partial charge in [0.2, 0.25) is 11.8 Å². The first-order chi connectivity index (χ1) is 14.1. The number of carbonyl (C=O) groups excluding carboxylic acids is 2. The van der Waals surface area contributed by atoms with Crippen LogP contribution < -0.4 is 9.80 Å². The molecule has 3 aromatic rings. The van der Waals surface area contributed by atoms with E-state index < -0.39 is 5.92 Å². The molecule has 1 unspecified atom stereocenters. The summed E-state index contributed by atoms with van der Waals surface area (Å²) in [6.07, 6.45) is 1.89. The molecule has 5 heteroatoms. The van der Waals surface area contributed by atoms with E-state index in [2.05, 4.69) is 4.98 Å². The quantitative estimate of drug-likeness (QED) is 0.668. The molecule has 1 saturated heterocycles. The van der Waals surface area contributed by atoms with Gasteiger partial charge in [0.25, 0.3) is 0 Å². The number of carbonyl (C=O) groups is 2. The Bertz CT molecular complexity index is 988. The number of nitrogens with zero attached hydrogens (tertiary/aromatic N) is 3. The van der Waals surface area contributed by atoms with Crippen molar-refractivity contribution in [3.8, 4) is 0 Å². The van der Waals surface area contributed by atoms with Gasteiger partial charge in [0.1, 0.15) is 5.82 Å². The molecule has 29 heavy (non-hydrogen) atoms. The summed E-state index contributed by atoms with van der Waals surface area (Å²) >= 11 is 0. The fourth-order valence-electron chi connectivity index (χ4n) is 3.62. The van der Waals surface area contributed by atoms with Crippen LogP contribution in [0, 0.1) is 12.8 Å². The van der Waals surface area contributed by atoms with Gasteiger partial charge >= 0.3 is 0 Å². The van der Waals surface area contributed by atoms with E-state index in [0.717, 1.165) is 16.8 Å². The number of benzene rings is 2. The van der Waals surface area contributed by atoms with E-state index in [1.807, 2.05) is 79.7 Å². The van der Waals surface area contributed by atoms with Crippen LogP contribution in [0.3, 0.4) is 0 Å². The summed E-state index contributed by atoms with van der Waals surface area (Å²) in [7, 11) is 0. The fraction of sp³-hybridized carbons (Fsp3) is 0.208. The molecule has 2 amide bonds. The first-order valence-corrected chi connectivity index (χ1v) is 9.75. The van der Waals surface area contributed by atoms with Crippen molar-refractivity contribution in [1.29, 1.82) is 0 Å². The number of aryl methyl sites for hydroxylation is 1. The standard InChI is InChI=1S/C24H23N3O2/c1-18-10-12-21(13-11-18)26-17-20(15-23(26)28)24(29)27(22-9-5-6-14-25-22)16-19-7-3-2-4-8-19/h2-14,20H,15-17H2,1H3. The lowest BCUT2D eigenvalue weighted by molar-refractivity contribution is -0.124. The Labute approximate surface area is 170 Å². The zero-order valence-electron chi connectivity index (χ0n) is 16.4. The molecule has 1 fully saturated rings. The number of aromatic nitrogens is 1. The predicted octanol–water partition coefficient (Wildman–Crippen LogP) is 3.98. The molecule has 0 radical (unpaired) electrons. The first kappa shape index (κ1) is 18.9. The average Bonchev–Trinajstić information content (AvgIpc) is 3.15. The Hall–Kier alpha value is -3.47. The third-order valence-electron chi connectivity index (χ3n) is 5.20. The minimum Gasteiger partial charge on any atom is -0.312 e. The monoisotopic (exact) mass is 385 g/mol. The summed E-state index contributed by atoms with van der Waals surface area (Å²) < 4.78 is 0. The molecule has 1 atom stereocenters. The van der Waals surface area contributed by atoms with Crippen molar-refractivity contribution in [3.63, 3.8) is 0 Å². The molecule has 4 rings (SSSR count). The highest BCUT2D eigenvalue weighted by Gasteiger charge is 2.37. The summed E-state index contributed by atoms with van der Waals surface area (Å²) in [6, 6.07) is 23.2. The highest BCUT2D eigenvalue weighted by molar-refractivity contribution is 6.04. The molecule has 0 spiro atoms. The average molecular weight is 385 g/mol. The molecule has 1 aliphatic heterocycles. The molecule has 0 saturated carbocycles. The van der Waals surface area contributed by atoms with Gasteiger partial charge in [-0.2, -0.15) is 0 Å². The Morgan fingerprint density at radius 2 is 1.76 bits per heavy atom. The Morgan fingerprint density at radius 1 is 1.03 bits per heavy atom. The summed E-state index contributed by atoms with van der Waals surface area (Å²) in [6.45, 7) is 2.82. The van der Waals surface area contributed by atoms with E-state index >= 15 is 0 Å². The summed E-state index contributed by atoms with van der Waals surface area (Å²) in [5, 5.41) is 0. The zero-order valence-corrected chi connectivity index (χ0v) is 16.4. The molecule has 2 aromatic carbocycles. The first-order valence-electron chi connectivity index (χ1n) is 9.75. The van der Waals surface area contributed by atoms with E-state index in [1.165, 1.54) is 0 Å². The molecule has 0 N–H and O–H groups in total. The number of hydrogen-bond donors (Lipinski definition) is 0. The lowest BCUT2D eigenvalue weighted by Crippen LogP contribution is -2.37. The largest absolute Gasteiger partial charge is 0.312 e. The Morgan fingerprint density at radius 3 is 2.45 bits per heavy atom. The van der Waals surface area contributed by atoms with Gasteiger partial charge in [0.05, 0.1) is 12.5 Å². The fourth-order valence-corrected chi connectivity index (χ4v) is 3.62. The summed E-state index contributed by atoms with van der Waals surface area (Å²) in [4.78, 5) is 33.8. The molecule has 0 bridgehead atoms. The highest BCUT2D eigenvalue weighted by Crippen LogP contribution is 2.28. The van der Waals surface area contributed by atoms with Crippen LogP contribution >= 0.6 is 0 Å². The molecular formula is C24H23N3O2. The molecule has 2 heterocycles. The van der Waals surface area contributed by atoms with E-state index in [-0.39, 0.29) is 18.2 Å². The molecule has 0 aliphatic carbocycles. The second-order valence-corrected chi connectivity index (χ2v) is 7.34. The third kappa shape index (κ3) is 4.19. The van der Waals surface area contributed by atoms with E-state index in [1.54, 1.807) is 16.0 Å². The Kier molecular flexibility index (Phi) is 5.38. The van der Waals surface area contributed by atoms with Crippen LogP contribution in [0.1, 0.15) is 17.5 Å². The second-order valence-electron chi connectivity index (χ2n) is 7.34. The van der Waals surface area contributed by atoms with Crippen LogP contribution in [-0.2, 0) is 16.1 Å². The van der Waals surface area contributed by atoms with Crippen LogP contribution in [-0.4, -0.2) is 23.3 Å². The van der Waals surface area contributed by atoms with Gasteiger partial charge in [-0.1, -0.05) is 54.1 Å². The molecule has 5 nitrogen and oxygen atoms in total. The minimum atomic E-state index is -0.394. The molecule has 1 aromatic heterocycles. The zero-order chi connectivity index (χ0) is 20.2. The smallest absolute Gasteiger partial charge is 0.233 e. The topological polar surface area (TPSA) is 53.5 Å². The lowest BCUT2D eigenvalue weighted by Gasteiger charge is -2.25. The van der Waals surface area contributed by atoms with Gasteiger partial charge in [0, 0.05) is 24.8 Å². The summed E-state index contributed by atoms with van der Waals surface area (Å²) in [5.41, 5.74) is 2.99. The van der Waals surface area contributed by atoms with Crippen LogP contribution in [0.5, 0.6) is 0 Å². The molecular weight excluding hydrogens is 362 g/mol. The van der Waals surface area contributed by atoms with Crippen molar-refractivity contribution in [3.05, 3.63) is 90.1 Å². The number of anilines is 2. The van der Waals surface area contributed by atoms with Crippen LogP contribution in [0.25, 0.3) is 0 Å². The molecule has 146 valence electrons. The Balaban J connectivity index is 1.57. The minimum absolute atomic E-state index is 0.0205. The van der Waals surface area contributed by atoms with Gasteiger partial charge in [-0.05, 0) is 36.8 Å². The van der Waals surface area contributed by atoms with Gasteiger partial charge in [0.15, 0.2) is 0 Å². The normalized spacial score (nSPS) is 16.1. The number of amides is 2. The van der Waals surface area contributed by atoms with Gasteiger partial charge < -0.3 is 4.90 Å². The van der Waals surface area contributed by atoms with Gasteiger partial charge in [-0.25, -0.2) is 4.98 Å². The highest BCUT2D eigenvalue weighted by atomic mass is 16.2. The molecule has 1 aliphatic rings. The number of rotatable bonds is 5. The number of pyridine rings is 1. The van der Waals surface area contributed by atoms with Crippen molar-refractivity contribution in [1.82, 2.24) is 4.98 Å². The predicted molar refractivity (Wildman–Crippen MR) is 114 cm³/mol. The van der Waals surface area contributed by atoms with Crippen molar-refractivity contribution in [2.75, 3.05) is 16.3 Å². The van der Waals surface area contributed by atoms with Crippen LogP contribution in [0.15, 0.2) is 79.0 Å². The van der Waals surface area contributed by atoms with Crippen molar-refractivity contribution >= 4 is 23.3 Å². The van der Waals surface area contributed by atoms with Gasteiger partial charge in [-0.15, -0.1) is 0 Å². The maximum atomic E-state index is 13.4. The third-order valence-corrected chi connectivity index (χ3v) is 5.20. The van der Waals surface area contributed by atoms with E-state index in [4.69, 9.17) is 0 Å². The maximum Gasteiger partial charge on any atom is 0.233 e. The van der Waals surface area contributed by atoms with Crippen molar-refractivity contribution < 1.29 is 9.59 Å². The van der Waals surface area contributed by atoms with Gasteiger partial charge in [-0.3, -0.25) is 14.5 Å². The van der Waals surface area contributed by atoms with Crippen molar-refractivity contribution in [2.24, 2.45) is 5.92 Å². The van der Waals surface area contributed by atoms with Crippen LogP contribution in [0.2, 0.25) is 0 Å².